The number of oxime groups is 1. The molecule has 2 heterocycles. The summed E-state index contributed by atoms with van der Waals surface area (Å²) < 4.78 is 54.0. The van der Waals surface area contributed by atoms with E-state index in [-0.39, 0.29) is 13.1 Å². The second-order valence-electron chi connectivity index (χ2n) is 6.64. The van der Waals surface area contributed by atoms with Crippen molar-refractivity contribution in [1.29, 1.82) is 0 Å². The Morgan fingerprint density at radius 2 is 1.87 bits per heavy atom. The van der Waals surface area contributed by atoms with E-state index in [0.717, 1.165) is 35.0 Å². The molecule has 0 atom stereocenters. The van der Waals surface area contributed by atoms with E-state index in [1.54, 1.807) is 0 Å². The van der Waals surface area contributed by atoms with Gasteiger partial charge in [0.05, 0.1) is 18.8 Å². The zero-order chi connectivity index (χ0) is 16.4. The molecule has 1 aromatic carbocycles. The van der Waals surface area contributed by atoms with E-state index in [2.05, 4.69) is 5.16 Å². The lowest BCUT2D eigenvalue weighted by molar-refractivity contribution is -0.0944. The van der Waals surface area contributed by atoms with Gasteiger partial charge in [-0.1, -0.05) is 5.16 Å². The van der Waals surface area contributed by atoms with Crippen molar-refractivity contribution in [2.75, 3.05) is 13.1 Å². The Hall–Kier alpha value is -1.54. The molecular weight excluding hydrogens is 326 g/mol. The fourth-order valence-corrected chi connectivity index (χ4v) is 4.86. The minimum absolute atomic E-state index is 0.0712. The van der Waals surface area contributed by atoms with Crippen LogP contribution >= 0.6 is 0 Å². The van der Waals surface area contributed by atoms with E-state index in [0.29, 0.717) is 17.9 Å². The van der Waals surface area contributed by atoms with E-state index in [1.807, 2.05) is 0 Å². The number of sulfonamides is 1. The number of benzene rings is 1. The predicted molar refractivity (Wildman–Crippen MR) is 78.4 cm³/mol. The number of hydrogen-bond acceptors (Lipinski definition) is 4. The summed E-state index contributed by atoms with van der Waals surface area (Å²) in [7, 11) is -4.21. The van der Waals surface area contributed by atoms with Crippen LogP contribution in [0.4, 0.5) is 8.78 Å². The van der Waals surface area contributed by atoms with Crippen LogP contribution in [0.15, 0.2) is 22.2 Å². The molecule has 5 nitrogen and oxygen atoms in total. The van der Waals surface area contributed by atoms with Gasteiger partial charge in [-0.2, -0.15) is 4.31 Å². The highest BCUT2D eigenvalue weighted by Crippen LogP contribution is 2.43. The average Bonchev–Trinajstić information content (AvgIpc) is 3.14. The van der Waals surface area contributed by atoms with Crippen molar-refractivity contribution >= 4 is 15.7 Å². The number of aryl methyl sites for hydroxylation is 1. The Labute approximate surface area is 133 Å². The van der Waals surface area contributed by atoms with Crippen LogP contribution in [0.2, 0.25) is 0 Å². The van der Waals surface area contributed by atoms with Crippen molar-refractivity contribution in [2.24, 2.45) is 11.1 Å². The summed E-state index contributed by atoms with van der Waals surface area (Å²) in [6.45, 7) is 1.65. The van der Waals surface area contributed by atoms with Crippen molar-refractivity contribution in [2.45, 2.75) is 36.7 Å². The molecule has 1 saturated heterocycles. The third kappa shape index (κ3) is 2.35. The molecule has 0 N–H and O–H groups in total. The maximum absolute atomic E-state index is 14.0. The van der Waals surface area contributed by atoms with Crippen molar-refractivity contribution in [1.82, 2.24) is 4.31 Å². The maximum atomic E-state index is 14.0. The van der Waals surface area contributed by atoms with Gasteiger partial charge >= 0.3 is 0 Å². The molecule has 4 rings (SSSR count). The van der Waals surface area contributed by atoms with Crippen molar-refractivity contribution in [3.8, 4) is 0 Å². The first-order valence-corrected chi connectivity index (χ1v) is 8.95. The van der Waals surface area contributed by atoms with Crippen molar-refractivity contribution in [3.63, 3.8) is 0 Å². The molecule has 1 saturated carbocycles. The van der Waals surface area contributed by atoms with Crippen LogP contribution in [0.25, 0.3) is 0 Å². The monoisotopic (exact) mass is 342 g/mol. The maximum Gasteiger partial charge on any atom is 0.249 e. The largest absolute Gasteiger partial charge is 0.386 e. The SMILES string of the molecule is Cc1cc(F)c(S(=O)(=O)N2CC3(CC(C4CC4)=NO3)C2)c(F)c1. The highest BCUT2D eigenvalue weighted by molar-refractivity contribution is 7.89. The summed E-state index contributed by atoms with van der Waals surface area (Å²) >= 11 is 0. The van der Waals surface area contributed by atoms with Crippen molar-refractivity contribution < 1.29 is 22.0 Å². The van der Waals surface area contributed by atoms with Crippen LogP contribution in [0.5, 0.6) is 0 Å². The summed E-state index contributed by atoms with van der Waals surface area (Å²) in [5.74, 6) is -1.66. The van der Waals surface area contributed by atoms with Gasteiger partial charge in [-0.15, -0.1) is 0 Å². The van der Waals surface area contributed by atoms with Gasteiger partial charge in [0.1, 0.15) is 11.6 Å². The minimum Gasteiger partial charge on any atom is -0.386 e. The molecule has 0 aromatic heterocycles. The van der Waals surface area contributed by atoms with Gasteiger partial charge in [-0.05, 0) is 37.5 Å². The summed E-state index contributed by atoms with van der Waals surface area (Å²) in [5.41, 5.74) is 0.665. The summed E-state index contributed by atoms with van der Waals surface area (Å²) in [6.07, 6.45) is 2.79. The first kappa shape index (κ1) is 15.0. The van der Waals surface area contributed by atoms with Gasteiger partial charge in [0.2, 0.25) is 10.0 Å². The van der Waals surface area contributed by atoms with Gasteiger partial charge < -0.3 is 4.84 Å². The molecule has 1 spiro atoms. The van der Waals surface area contributed by atoms with E-state index >= 15 is 0 Å². The van der Waals surface area contributed by atoms with Crippen LogP contribution in [-0.4, -0.2) is 37.1 Å². The quantitative estimate of drug-likeness (QED) is 0.846. The molecule has 3 aliphatic rings. The van der Waals surface area contributed by atoms with Crippen LogP contribution in [0.1, 0.15) is 24.8 Å². The Kier molecular flexibility index (Phi) is 3.09. The zero-order valence-corrected chi connectivity index (χ0v) is 13.4. The predicted octanol–water partition coefficient (Wildman–Crippen LogP) is 2.20. The van der Waals surface area contributed by atoms with Gasteiger partial charge in [0, 0.05) is 12.3 Å². The topological polar surface area (TPSA) is 59.0 Å². The normalized spacial score (nSPS) is 23.5. The second-order valence-corrected chi connectivity index (χ2v) is 8.51. The van der Waals surface area contributed by atoms with Gasteiger partial charge in [0.15, 0.2) is 10.5 Å². The lowest BCUT2D eigenvalue weighted by atomic mass is 9.90. The molecule has 124 valence electrons. The Balaban J connectivity index is 1.54. The number of rotatable bonds is 3. The highest BCUT2D eigenvalue weighted by atomic mass is 32.2. The van der Waals surface area contributed by atoms with Crippen LogP contribution in [0.3, 0.4) is 0 Å². The average molecular weight is 342 g/mol. The summed E-state index contributed by atoms with van der Waals surface area (Å²) in [6, 6.07) is 2.04. The van der Waals surface area contributed by atoms with Crippen LogP contribution in [0, 0.1) is 24.5 Å². The Morgan fingerprint density at radius 3 is 2.43 bits per heavy atom. The van der Waals surface area contributed by atoms with Gasteiger partial charge in [-0.3, -0.25) is 0 Å². The Morgan fingerprint density at radius 1 is 1.26 bits per heavy atom. The number of nitrogens with zero attached hydrogens (tertiary/aromatic N) is 2. The van der Waals surface area contributed by atoms with E-state index in [9.17, 15) is 17.2 Å². The lowest BCUT2D eigenvalue weighted by Crippen LogP contribution is -2.63. The van der Waals surface area contributed by atoms with Gasteiger partial charge in [-0.25, -0.2) is 17.2 Å². The van der Waals surface area contributed by atoms with Gasteiger partial charge in [0.25, 0.3) is 0 Å². The number of halogens is 2. The molecule has 0 bridgehead atoms. The fourth-order valence-electron chi connectivity index (χ4n) is 3.18. The molecule has 8 heteroatoms. The van der Waals surface area contributed by atoms with E-state index in [1.165, 1.54) is 6.92 Å². The number of hydrogen-bond donors (Lipinski definition) is 0. The molecule has 2 fully saturated rings. The third-order valence-corrected chi connectivity index (χ3v) is 6.42. The lowest BCUT2D eigenvalue weighted by Gasteiger charge is -2.44. The summed E-state index contributed by atoms with van der Waals surface area (Å²) in [4.78, 5) is 4.54. The third-order valence-electron chi connectivity index (χ3n) is 4.58. The molecule has 0 amide bonds. The first-order valence-electron chi connectivity index (χ1n) is 7.51. The minimum atomic E-state index is -4.21. The second kappa shape index (κ2) is 4.73. The molecular formula is C15H16F2N2O3S. The van der Waals surface area contributed by atoms with Crippen molar-refractivity contribution in [3.05, 3.63) is 29.3 Å². The van der Waals surface area contributed by atoms with E-state index < -0.39 is 32.2 Å². The molecule has 1 aliphatic carbocycles. The summed E-state index contributed by atoms with van der Waals surface area (Å²) in [5, 5.41) is 4.06. The molecule has 2 aliphatic heterocycles. The first-order chi connectivity index (χ1) is 10.8. The molecule has 0 unspecified atom stereocenters. The highest BCUT2D eigenvalue weighted by Gasteiger charge is 2.56. The van der Waals surface area contributed by atoms with Crippen LogP contribution in [-0.2, 0) is 14.9 Å². The molecule has 0 radical (unpaired) electrons. The van der Waals surface area contributed by atoms with Crippen LogP contribution < -0.4 is 0 Å². The molecule has 23 heavy (non-hydrogen) atoms. The zero-order valence-electron chi connectivity index (χ0n) is 12.6. The molecule has 1 aromatic rings. The standard InChI is InChI=1S/C15H16F2N2O3S/c1-9-4-11(16)14(12(17)5-9)23(20,21)19-7-15(8-19)6-13(18-22-15)10-2-3-10/h4-5,10H,2-3,6-8H2,1H3. The fraction of sp³-hybridized carbons (Fsp3) is 0.533. The van der Waals surface area contributed by atoms with E-state index in [4.69, 9.17) is 4.84 Å². The Bertz CT molecular complexity index is 789. The smallest absolute Gasteiger partial charge is 0.249 e.